The molecule has 0 radical (unpaired) electrons. The summed E-state index contributed by atoms with van der Waals surface area (Å²) in [6.45, 7) is 5.07. The number of hydrogen-bond donors (Lipinski definition) is 1. The van der Waals surface area contributed by atoms with Gasteiger partial charge in [0.25, 0.3) is 0 Å². The highest BCUT2D eigenvalue weighted by Gasteiger charge is 2.25. The average Bonchev–Trinajstić information content (AvgIpc) is 2.77. The third kappa shape index (κ3) is 2.45. The molecule has 2 rings (SSSR count). The Hall–Kier alpha value is -0.860. The number of ether oxygens (including phenoxy) is 1. The molecule has 88 valence electrons. The fraction of sp³-hybridized carbons (Fsp3) is 0.571. The molecule has 2 heteroatoms. The Morgan fingerprint density at radius 1 is 1.25 bits per heavy atom. The van der Waals surface area contributed by atoms with Crippen molar-refractivity contribution in [2.75, 3.05) is 6.54 Å². The lowest BCUT2D eigenvalue weighted by molar-refractivity contribution is 0.0498. The van der Waals surface area contributed by atoms with Crippen molar-refractivity contribution in [3.8, 4) is 0 Å². The van der Waals surface area contributed by atoms with E-state index in [9.17, 15) is 0 Å². The zero-order chi connectivity index (χ0) is 11.5. The largest absolute Gasteiger partial charge is 0.369 e. The Balaban J connectivity index is 2.05. The summed E-state index contributed by atoms with van der Waals surface area (Å²) in [6.07, 6.45) is 2.71. The van der Waals surface area contributed by atoms with Crippen LogP contribution in [0, 0.1) is 0 Å². The molecule has 0 aliphatic carbocycles. The van der Waals surface area contributed by atoms with E-state index < -0.39 is 0 Å². The lowest BCUT2D eigenvalue weighted by Crippen LogP contribution is -2.18. The first-order valence-corrected chi connectivity index (χ1v) is 6.16. The van der Waals surface area contributed by atoms with Crippen LogP contribution in [0.3, 0.4) is 0 Å². The molecule has 1 fully saturated rings. The van der Waals surface area contributed by atoms with Gasteiger partial charge in [0.2, 0.25) is 0 Å². The minimum Gasteiger partial charge on any atom is -0.369 e. The Labute approximate surface area is 97.8 Å². The summed E-state index contributed by atoms with van der Waals surface area (Å²) in [4.78, 5) is 0. The summed E-state index contributed by atoms with van der Waals surface area (Å²) in [5.74, 6) is 0.593. The maximum absolute atomic E-state index is 5.87. The van der Waals surface area contributed by atoms with Gasteiger partial charge in [-0.15, -0.1) is 0 Å². The number of rotatable bonds is 3. The van der Waals surface area contributed by atoms with Crippen LogP contribution in [0.1, 0.15) is 49.8 Å². The molecule has 1 saturated heterocycles. The van der Waals surface area contributed by atoms with E-state index in [0.29, 0.717) is 12.5 Å². The predicted octanol–water partition coefficient (Wildman–Crippen LogP) is 2.99. The Morgan fingerprint density at radius 2 is 1.94 bits per heavy atom. The van der Waals surface area contributed by atoms with E-state index in [0.717, 1.165) is 12.8 Å². The van der Waals surface area contributed by atoms with Crippen LogP contribution in [0.15, 0.2) is 24.3 Å². The van der Waals surface area contributed by atoms with Crippen molar-refractivity contribution in [3.05, 3.63) is 35.4 Å². The van der Waals surface area contributed by atoms with Gasteiger partial charge in [0.05, 0.1) is 12.2 Å². The first kappa shape index (κ1) is 11.6. The molecular formula is C14H21NO. The van der Waals surface area contributed by atoms with Crippen LogP contribution in [0.25, 0.3) is 0 Å². The van der Waals surface area contributed by atoms with Crippen molar-refractivity contribution in [1.82, 2.24) is 0 Å². The van der Waals surface area contributed by atoms with Crippen LogP contribution < -0.4 is 5.73 Å². The molecule has 1 heterocycles. The zero-order valence-electron chi connectivity index (χ0n) is 10.1. The summed E-state index contributed by atoms with van der Waals surface area (Å²) in [5, 5.41) is 0. The van der Waals surface area contributed by atoms with Gasteiger partial charge in [0.1, 0.15) is 0 Å². The molecule has 16 heavy (non-hydrogen) atoms. The third-order valence-electron chi connectivity index (χ3n) is 3.35. The van der Waals surface area contributed by atoms with Crippen LogP contribution in [0.4, 0.5) is 0 Å². The van der Waals surface area contributed by atoms with Gasteiger partial charge in [0, 0.05) is 6.54 Å². The van der Waals surface area contributed by atoms with E-state index in [2.05, 4.69) is 38.1 Å². The molecule has 0 amide bonds. The zero-order valence-corrected chi connectivity index (χ0v) is 10.1. The normalized spacial score (nSPS) is 25.2. The van der Waals surface area contributed by atoms with Crippen molar-refractivity contribution in [1.29, 1.82) is 0 Å². The molecule has 2 N–H and O–H groups in total. The van der Waals surface area contributed by atoms with E-state index in [1.54, 1.807) is 0 Å². The molecule has 1 aliphatic heterocycles. The van der Waals surface area contributed by atoms with Gasteiger partial charge in [-0.05, 0) is 29.9 Å². The molecule has 2 nitrogen and oxygen atoms in total. The van der Waals surface area contributed by atoms with Gasteiger partial charge < -0.3 is 10.5 Å². The van der Waals surface area contributed by atoms with E-state index in [4.69, 9.17) is 10.5 Å². The fourth-order valence-electron chi connectivity index (χ4n) is 2.22. The third-order valence-corrected chi connectivity index (χ3v) is 3.35. The van der Waals surface area contributed by atoms with Crippen LogP contribution in [0.2, 0.25) is 0 Å². The van der Waals surface area contributed by atoms with Crippen LogP contribution in [-0.2, 0) is 4.74 Å². The predicted molar refractivity (Wildman–Crippen MR) is 66.4 cm³/mol. The summed E-state index contributed by atoms with van der Waals surface area (Å²) >= 11 is 0. The van der Waals surface area contributed by atoms with Crippen molar-refractivity contribution in [2.45, 2.75) is 44.8 Å². The van der Waals surface area contributed by atoms with Crippen molar-refractivity contribution in [3.63, 3.8) is 0 Å². The van der Waals surface area contributed by atoms with Crippen molar-refractivity contribution in [2.24, 2.45) is 5.73 Å². The van der Waals surface area contributed by atoms with Crippen LogP contribution >= 0.6 is 0 Å². The van der Waals surface area contributed by atoms with Gasteiger partial charge in [-0.25, -0.2) is 0 Å². The molecule has 2 atom stereocenters. The second kappa shape index (κ2) is 4.98. The highest BCUT2D eigenvalue weighted by Crippen LogP contribution is 2.32. The molecule has 0 saturated carbocycles. The summed E-state index contributed by atoms with van der Waals surface area (Å²) in [6, 6.07) is 8.80. The van der Waals surface area contributed by atoms with E-state index in [-0.39, 0.29) is 12.2 Å². The maximum Gasteiger partial charge on any atom is 0.0830 e. The maximum atomic E-state index is 5.87. The average molecular weight is 219 g/mol. The lowest BCUT2D eigenvalue weighted by Gasteiger charge is -2.14. The SMILES string of the molecule is CC(C)c1ccc([C@@H]2CC[C@H](CN)O2)cc1. The summed E-state index contributed by atoms with van der Waals surface area (Å²) in [7, 11) is 0. The van der Waals surface area contributed by atoms with Gasteiger partial charge in [-0.3, -0.25) is 0 Å². The monoisotopic (exact) mass is 219 g/mol. The van der Waals surface area contributed by atoms with Crippen molar-refractivity contribution >= 4 is 0 Å². The summed E-state index contributed by atoms with van der Waals surface area (Å²) < 4.78 is 5.87. The molecule has 0 spiro atoms. The molecule has 1 aliphatic rings. The Bertz CT molecular complexity index is 331. The minimum atomic E-state index is 0.259. The molecular weight excluding hydrogens is 198 g/mol. The topological polar surface area (TPSA) is 35.2 Å². The molecule has 1 aromatic carbocycles. The first-order chi connectivity index (χ1) is 7.70. The minimum absolute atomic E-state index is 0.259. The quantitative estimate of drug-likeness (QED) is 0.848. The van der Waals surface area contributed by atoms with Gasteiger partial charge >= 0.3 is 0 Å². The van der Waals surface area contributed by atoms with Crippen LogP contribution in [0.5, 0.6) is 0 Å². The van der Waals surface area contributed by atoms with Crippen LogP contribution in [-0.4, -0.2) is 12.6 Å². The lowest BCUT2D eigenvalue weighted by atomic mass is 9.99. The van der Waals surface area contributed by atoms with Gasteiger partial charge in [-0.2, -0.15) is 0 Å². The van der Waals surface area contributed by atoms with Crippen molar-refractivity contribution < 1.29 is 4.74 Å². The van der Waals surface area contributed by atoms with E-state index >= 15 is 0 Å². The number of nitrogens with two attached hydrogens (primary N) is 1. The molecule has 1 aromatic rings. The van der Waals surface area contributed by atoms with Gasteiger partial charge in [0.15, 0.2) is 0 Å². The van der Waals surface area contributed by atoms with E-state index in [1.807, 2.05) is 0 Å². The highest BCUT2D eigenvalue weighted by molar-refractivity contribution is 5.26. The highest BCUT2D eigenvalue weighted by atomic mass is 16.5. The van der Waals surface area contributed by atoms with E-state index in [1.165, 1.54) is 11.1 Å². The molecule has 0 unspecified atom stereocenters. The first-order valence-electron chi connectivity index (χ1n) is 6.16. The second-order valence-corrected chi connectivity index (χ2v) is 4.88. The molecule has 0 aromatic heterocycles. The molecule has 0 bridgehead atoms. The smallest absolute Gasteiger partial charge is 0.0830 e. The standard InChI is InChI=1S/C14H21NO/c1-10(2)11-3-5-12(6-4-11)14-8-7-13(9-15)16-14/h3-6,10,13-14H,7-9,15H2,1-2H3/t13-,14+/m1/s1. The second-order valence-electron chi connectivity index (χ2n) is 4.88. The summed E-state index contributed by atoms with van der Waals surface area (Å²) in [5.41, 5.74) is 8.29. The van der Waals surface area contributed by atoms with Gasteiger partial charge in [-0.1, -0.05) is 38.1 Å². The Morgan fingerprint density at radius 3 is 2.44 bits per heavy atom. The Kier molecular flexibility index (Phi) is 3.62. The fourth-order valence-corrected chi connectivity index (χ4v) is 2.22. The number of hydrogen-bond acceptors (Lipinski definition) is 2. The number of benzene rings is 1.